The predicted octanol–water partition coefficient (Wildman–Crippen LogP) is 2.60. The average Bonchev–Trinajstić information content (AvgIpc) is 3.21. The molecular formula is C21H25F2N7O2. The summed E-state index contributed by atoms with van der Waals surface area (Å²) in [7, 11) is 0. The van der Waals surface area contributed by atoms with Gasteiger partial charge in [-0.05, 0) is 26.0 Å². The van der Waals surface area contributed by atoms with Crippen LogP contribution in [-0.2, 0) is 9.47 Å². The zero-order valence-corrected chi connectivity index (χ0v) is 18.0. The van der Waals surface area contributed by atoms with Crippen LogP contribution in [0.4, 0.5) is 20.7 Å². The Morgan fingerprint density at radius 1 is 0.906 bits per heavy atom. The number of anilines is 2. The number of fused-ring (bicyclic) bond motifs is 1. The van der Waals surface area contributed by atoms with Gasteiger partial charge < -0.3 is 19.3 Å². The Morgan fingerprint density at radius 2 is 1.62 bits per heavy atom. The van der Waals surface area contributed by atoms with Crippen LogP contribution in [0.15, 0.2) is 24.3 Å². The van der Waals surface area contributed by atoms with Gasteiger partial charge in [0, 0.05) is 19.6 Å². The maximum Gasteiger partial charge on any atom is 0.296 e. The lowest BCUT2D eigenvalue weighted by molar-refractivity contribution is 0.0277. The van der Waals surface area contributed by atoms with Crippen molar-refractivity contribution in [2.24, 2.45) is 0 Å². The van der Waals surface area contributed by atoms with Gasteiger partial charge in [-0.2, -0.15) is 15.0 Å². The number of benzene rings is 1. The van der Waals surface area contributed by atoms with Gasteiger partial charge in [0.1, 0.15) is 0 Å². The first-order valence-corrected chi connectivity index (χ1v) is 10.8. The van der Waals surface area contributed by atoms with Gasteiger partial charge in [0.2, 0.25) is 17.8 Å². The SMILES string of the molecule is CC1OCCN(c2nc(N3CCOCC3)nc(-n3c(C(F)F)nc4ccccc43)n2)C1C. The lowest BCUT2D eigenvalue weighted by Gasteiger charge is -2.38. The fraction of sp³-hybridized carbons (Fsp3) is 0.524. The first-order chi connectivity index (χ1) is 15.5. The van der Waals surface area contributed by atoms with Crippen LogP contribution in [0, 0.1) is 0 Å². The molecule has 2 aliphatic heterocycles. The van der Waals surface area contributed by atoms with Crippen molar-refractivity contribution in [3.8, 4) is 5.95 Å². The summed E-state index contributed by atoms with van der Waals surface area (Å²) in [4.78, 5) is 22.2. The highest BCUT2D eigenvalue weighted by molar-refractivity contribution is 5.77. The van der Waals surface area contributed by atoms with Crippen LogP contribution in [0.1, 0.15) is 26.1 Å². The van der Waals surface area contributed by atoms with E-state index in [2.05, 4.69) is 15.0 Å². The quantitative estimate of drug-likeness (QED) is 0.606. The van der Waals surface area contributed by atoms with Crippen LogP contribution < -0.4 is 9.80 Å². The van der Waals surface area contributed by atoms with E-state index in [0.29, 0.717) is 62.4 Å². The van der Waals surface area contributed by atoms with Crippen molar-refractivity contribution in [2.45, 2.75) is 32.4 Å². The smallest absolute Gasteiger partial charge is 0.296 e. The van der Waals surface area contributed by atoms with E-state index in [1.165, 1.54) is 4.57 Å². The normalized spacial score (nSPS) is 22.2. The molecule has 0 aliphatic carbocycles. The fourth-order valence-electron chi connectivity index (χ4n) is 4.09. The largest absolute Gasteiger partial charge is 0.378 e. The molecule has 11 heteroatoms. The standard InChI is InChI=1S/C21H25F2N7O2/c1-13-14(2)32-12-9-29(13)20-25-19(28-7-10-31-11-8-28)26-21(27-20)30-16-6-4-3-5-15(16)24-18(30)17(22)23/h3-6,13-14,17H,7-12H2,1-2H3. The van der Waals surface area contributed by atoms with Crippen molar-refractivity contribution in [2.75, 3.05) is 49.3 Å². The molecule has 1 aromatic carbocycles. The van der Waals surface area contributed by atoms with E-state index >= 15 is 0 Å². The topological polar surface area (TPSA) is 81.4 Å². The van der Waals surface area contributed by atoms with E-state index in [-0.39, 0.29) is 23.9 Å². The molecule has 2 aromatic heterocycles. The number of halogens is 2. The maximum atomic E-state index is 14.0. The molecule has 0 saturated carbocycles. The first-order valence-electron chi connectivity index (χ1n) is 10.8. The summed E-state index contributed by atoms with van der Waals surface area (Å²) in [5.41, 5.74) is 0.988. The van der Waals surface area contributed by atoms with Gasteiger partial charge in [0.25, 0.3) is 6.43 Å². The van der Waals surface area contributed by atoms with E-state index in [9.17, 15) is 8.78 Å². The first kappa shape index (κ1) is 21.0. The Bertz CT molecular complexity index is 1100. The molecule has 32 heavy (non-hydrogen) atoms. The summed E-state index contributed by atoms with van der Waals surface area (Å²) < 4.78 is 40.5. The van der Waals surface area contributed by atoms with Crippen molar-refractivity contribution in [3.63, 3.8) is 0 Å². The molecule has 2 fully saturated rings. The Labute approximate surface area is 184 Å². The van der Waals surface area contributed by atoms with Crippen LogP contribution in [0.25, 0.3) is 17.0 Å². The van der Waals surface area contributed by atoms with Gasteiger partial charge >= 0.3 is 0 Å². The highest BCUT2D eigenvalue weighted by Gasteiger charge is 2.30. The van der Waals surface area contributed by atoms with E-state index < -0.39 is 6.43 Å². The number of hydrogen-bond acceptors (Lipinski definition) is 8. The van der Waals surface area contributed by atoms with Crippen molar-refractivity contribution in [3.05, 3.63) is 30.1 Å². The van der Waals surface area contributed by atoms with Crippen molar-refractivity contribution < 1.29 is 18.3 Å². The van der Waals surface area contributed by atoms with Crippen LogP contribution in [0.2, 0.25) is 0 Å². The van der Waals surface area contributed by atoms with Crippen molar-refractivity contribution in [1.29, 1.82) is 0 Å². The van der Waals surface area contributed by atoms with E-state index in [1.54, 1.807) is 24.3 Å². The molecule has 0 radical (unpaired) electrons. The number of para-hydroxylation sites is 2. The molecule has 2 unspecified atom stereocenters. The van der Waals surface area contributed by atoms with Crippen LogP contribution in [0.3, 0.4) is 0 Å². The number of morpholine rings is 2. The second-order valence-corrected chi connectivity index (χ2v) is 7.94. The third-order valence-corrected chi connectivity index (χ3v) is 6.02. The molecule has 0 N–H and O–H groups in total. The van der Waals surface area contributed by atoms with E-state index in [4.69, 9.17) is 14.5 Å². The molecule has 0 bridgehead atoms. The summed E-state index contributed by atoms with van der Waals surface area (Å²) in [6, 6.07) is 7.02. The summed E-state index contributed by atoms with van der Waals surface area (Å²) in [6.07, 6.45) is -2.79. The van der Waals surface area contributed by atoms with Crippen LogP contribution in [-0.4, -0.2) is 76.1 Å². The number of ether oxygens (including phenoxy) is 2. The molecule has 170 valence electrons. The fourth-order valence-corrected chi connectivity index (χ4v) is 4.09. The molecular weight excluding hydrogens is 420 g/mol. The Kier molecular flexibility index (Phi) is 5.60. The van der Waals surface area contributed by atoms with Crippen molar-refractivity contribution >= 4 is 22.9 Å². The summed E-state index contributed by atoms with van der Waals surface area (Å²) in [5, 5.41) is 0. The molecule has 0 amide bonds. The van der Waals surface area contributed by atoms with E-state index in [0.717, 1.165) is 0 Å². The van der Waals surface area contributed by atoms with Crippen molar-refractivity contribution in [1.82, 2.24) is 24.5 Å². The Hall–Kier alpha value is -2.92. The Morgan fingerprint density at radius 3 is 2.41 bits per heavy atom. The van der Waals surface area contributed by atoms with E-state index in [1.807, 2.05) is 23.6 Å². The summed E-state index contributed by atoms with van der Waals surface area (Å²) in [5.74, 6) is 0.626. The third-order valence-electron chi connectivity index (χ3n) is 6.02. The molecule has 2 atom stereocenters. The predicted molar refractivity (Wildman–Crippen MR) is 115 cm³/mol. The number of aromatic nitrogens is 5. The number of nitrogens with zero attached hydrogens (tertiary/aromatic N) is 7. The minimum atomic E-state index is -2.78. The molecule has 3 aromatic rings. The molecule has 4 heterocycles. The highest BCUT2D eigenvalue weighted by atomic mass is 19.3. The monoisotopic (exact) mass is 445 g/mol. The van der Waals surface area contributed by atoms with Crippen LogP contribution >= 0.6 is 0 Å². The summed E-state index contributed by atoms with van der Waals surface area (Å²) >= 11 is 0. The lowest BCUT2D eigenvalue weighted by atomic mass is 10.1. The molecule has 2 aliphatic rings. The lowest BCUT2D eigenvalue weighted by Crippen LogP contribution is -2.49. The highest BCUT2D eigenvalue weighted by Crippen LogP contribution is 2.29. The van der Waals surface area contributed by atoms with Gasteiger partial charge in [-0.1, -0.05) is 12.1 Å². The number of rotatable bonds is 4. The number of alkyl halides is 2. The van der Waals surface area contributed by atoms with Gasteiger partial charge in [-0.15, -0.1) is 0 Å². The number of hydrogen-bond donors (Lipinski definition) is 0. The minimum absolute atomic E-state index is 0.0125. The van der Waals surface area contributed by atoms with Gasteiger partial charge in [0.05, 0.1) is 43.0 Å². The average molecular weight is 445 g/mol. The molecule has 0 spiro atoms. The van der Waals surface area contributed by atoms with Gasteiger partial charge in [-0.3, -0.25) is 4.57 Å². The maximum absolute atomic E-state index is 14.0. The zero-order chi connectivity index (χ0) is 22.2. The van der Waals surface area contributed by atoms with Crippen LogP contribution in [0.5, 0.6) is 0 Å². The second-order valence-electron chi connectivity index (χ2n) is 7.94. The second kappa shape index (κ2) is 8.55. The summed E-state index contributed by atoms with van der Waals surface area (Å²) in [6.45, 7) is 7.52. The van der Waals surface area contributed by atoms with Gasteiger partial charge in [-0.25, -0.2) is 13.8 Å². The number of imidazole rings is 1. The molecule has 2 saturated heterocycles. The molecule has 5 rings (SSSR count). The van der Waals surface area contributed by atoms with Gasteiger partial charge in [0.15, 0.2) is 5.82 Å². The zero-order valence-electron chi connectivity index (χ0n) is 18.0. The third kappa shape index (κ3) is 3.75. The molecule has 9 nitrogen and oxygen atoms in total. The minimum Gasteiger partial charge on any atom is -0.378 e. The Balaban J connectivity index is 1.68.